The fourth-order valence-electron chi connectivity index (χ4n) is 1.48. The lowest BCUT2D eigenvalue weighted by molar-refractivity contribution is -0.133. The van der Waals surface area contributed by atoms with Gasteiger partial charge in [0.25, 0.3) is 0 Å². The Morgan fingerprint density at radius 1 is 1.24 bits per heavy atom. The average Bonchev–Trinajstić information content (AvgIpc) is 2.33. The maximum absolute atomic E-state index is 11.6. The summed E-state index contributed by atoms with van der Waals surface area (Å²) in [4.78, 5) is 11.6. The molecule has 0 aliphatic heterocycles. The van der Waals surface area contributed by atoms with E-state index < -0.39 is 0 Å². The lowest BCUT2D eigenvalue weighted by Crippen LogP contribution is -2.17. The molecule has 0 fully saturated rings. The topological polar surface area (TPSA) is 26.3 Å². The molecule has 2 rings (SSSR count). The van der Waals surface area contributed by atoms with Crippen molar-refractivity contribution in [3.05, 3.63) is 40.0 Å². The number of halogens is 2. The van der Waals surface area contributed by atoms with Crippen LogP contribution in [0, 0.1) is 3.57 Å². The van der Waals surface area contributed by atoms with Gasteiger partial charge in [-0.1, -0.05) is 52.9 Å². The normalized spacial score (nSPS) is 12.4. The number of ether oxygens (including phenoxy) is 1. The molecular weight excluding hydrogens is 442 g/mol. The summed E-state index contributed by atoms with van der Waals surface area (Å²) in [5.41, 5.74) is 0. The zero-order valence-electron chi connectivity index (χ0n) is 9.11. The molecule has 2 aromatic carbocycles. The summed E-state index contributed by atoms with van der Waals surface area (Å²) in [6, 6.07) is 11.9. The first-order valence-corrected chi connectivity index (χ1v) is 7.45. The first-order valence-electron chi connectivity index (χ1n) is 5.12. The highest BCUT2D eigenvalue weighted by atomic mass is 127. The molecule has 0 aliphatic rings. The minimum Gasteiger partial charge on any atom is -0.425 e. The van der Waals surface area contributed by atoms with Crippen LogP contribution in [0.1, 0.15) is 6.92 Å². The molecular formula is C13H10I2O2. The van der Waals surface area contributed by atoms with Gasteiger partial charge in [0.15, 0.2) is 0 Å². The molecule has 0 radical (unpaired) electrons. The van der Waals surface area contributed by atoms with Crippen molar-refractivity contribution in [1.82, 2.24) is 0 Å². The molecule has 0 saturated heterocycles. The Morgan fingerprint density at radius 2 is 1.94 bits per heavy atom. The molecule has 0 heterocycles. The van der Waals surface area contributed by atoms with Crippen LogP contribution < -0.4 is 4.74 Å². The van der Waals surface area contributed by atoms with Crippen molar-refractivity contribution in [2.45, 2.75) is 10.8 Å². The van der Waals surface area contributed by atoms with Crippen LogP contribution in [0.25, 0.3) is 10.8 Å². The van der Waals surface area contributed by atoms with Gasteiger partial charge in [0.2, 0.25) is 0 Å². The average molecular weight is 452 g/mol. The van der Waals surface area contributed by atoms with Crippen LogP contribution in [0.5, 0.6) is 5.75 Å². The number of fused-ring (bicyclic) bond motifs is 1. The molecule has 2 nitrogen and oxygen atoms in total. The van der Waals surface area contributed by atoms with Gasteiger partial charge in [-0.15, -0.1) is 0 Å². The SMILES string of the molecule is CC(I)C(=O)Oc1ccc2ccccc2c1I. The van der Waals surface area contributed by atoms with Crippen LogP contribution in [0.4, 0.5) is 0 Å². The molecule has 88 valence electrons. The second-order valence-electron chi connectivity index (χ2n) is 3.64. The van der Waals surface area contributed by atoms with E-state index in [1.807, 2.05) is 65.9 Å². The summed E-state index contributed by atoms with van der Waals surface area (Å²) in [7, 11) is 0. The van der Waals surface area contributed by atoms with Crippen LogP contribution in [0.2, 0.25) is 0 Å². The van der Waals surface area contributed by atoms with Gasteiger partial charge in [-0.05, 0) is 46.4 Å². The van der Waals surface area contributed by atoms with Gasteiger partial charge in [-0.25, -0.2) is 0 Å². The summed E-state index contributed by atoms with van der Waals surface area (Å²) in [6.45, 7) is 1.82. The fraction of sp³-hybridized carbons (Fsp3) is 0.154. The second-order valence-corrected chi connectivity index (χ2v) is 6.58. The lowest BCUT2D eigenvalue weighted by atomic mass is 10.1. The molecule has 0 bridgehead atoms. The number of carbonyl (C=O) groups is 1. The number of rotatable bonds is 2. The molecule has 4 heteroatoms. The third-order valence-electron chi connectivity index (χ3n) is 2.36. The van der Waals surface area contributed by atoms with Crippen molar-refractivity contribution < 1.29 is 9.53 Å². The van der Waals surface area contributed by atoms with Crippen LogP contribution in [0.15, 0.2) is 36.4 Å². The minimum absolute atomic E-state index is 0.144. The molecule has 0 saturated carbocycles. The Hall–Kier alpha value is -0.370. The van der Waals surface area contributed by atoms with E-state index in [-0.39, 0.29) is 9.89 Å². The molecule has 1 atom stereocenters. The maximum atomic E-state index is 11.6. The monoisotopic (exact) mass is 452 g/mol. The second kappa shape index (κ2) is 5.51. The number of alkyl halides is 1. The van der Waals surface area contributed by atoms with E-state index in [0.717, 1.165) is 14.3 Å². The number of benzene rings is 2. The van der Waals surface area contributed by atoms with Gasteiger partial charge in [0.05, 0.1) is 3.57 Å². The molecule has 0 N–H and O–H groups in total. The first-order chi connectivity index (χ1) is 8.09. The predicted octanol–water partition coefficient (Wildman–Crippen LogP) is 4.17. The van der Waals surface area contributed by atoms with Crippen molar-refractivity contribution in [2.75, 3.05) is 0 Å². The summed E-state index contributed by atoms with van der Waals surface area (Å²) < 4.78 is 6.19. The van der Waals surface area contributed by atoms with Crippen molar-refractivity contribution in [1.29, 1.82) is 0 Å². The predicted molar refractivity (Wildman–Crippen MR) is 85.8 cm³/mol. The van der Waals surface area contributed by atoms with Crippen LogP contribution in [-0.2, 0) is 4.79 Å². The van der Waals surface area contributed by atoms with Crippen LogP contribution in [0.3, 0.4) is 0 Å². The summed E-state index contributed by atoms with van der Waals surface area (Å²) in [5, 5.41) is 2.26. The van der Waals surface area contributed by atoms with Gasteiger partial charge in [0.1, 0.15) is 9.67 Å². The molecule has 0 aromatic heterocycles. The highest BCUT2D eigenvalue weighted by Gasteiger charge is 2.14. The highest BCUT2D eigenvalue weighted by Crippen LogP contribution is 2.29. The Balaban J connectivity index is 2.43. The first kappa shape index (κ1) is 13.1. The number of hydrogen-bond acceptors (Lipinski definition) is 2. The summed E-state index contributed by atoms with van der Waals surface area (Å²) in [6.07, 6.45) is 0. The Morgan fingerprint density at radius 3 is 2.65 bits per heavy atom. The van der Waals surface area contributed by atoms with Gasteiger partial charge in [-0.2, -0.15) is 0 Å². The van der Waals surface area contributed by atoms with Crippen LogP contribution >= 0.6 is 45.2 Å². The van der Waals surface area contributed by atoms with E-state index in [1.54, 1.807) is 0 Å². The fourth-order valence-corrected chi connectivity index (χ4v) is 2.39. The summed E-state index contributed by atoms with van der Waals surface area (Å²) >= 11 is 4.26. The van der Waals surface area contributed by atoms with Gasteiger partial charge >= 0.3 is 5.97 Å². The number of esters is 1. The van der Waals surface area contributed by atoms with E-state index in [4.69, 9.17) is 4.74 Å². The molecule has 0 aliphatic carbocycles. The molecule has 1 unspecified atom stereocenters. The Labute approximate surface area is 127 Å². The van der Waals surface area contributed by atoms with E-state index in [1.165, 1.54) is 0 Å². The standard InChI is InChI=1S/C13H10I2O2/c1-8(14)13(16)17-11-7-6-9-4-2-3-5-10(9)12(11)15/h2-8H,1H3. The minimum atomic E-state index is -0.209. The molecule has 17 heavy (non-hydrogen) atoms. The highest BCUT2D eigenvalue weighted by molar-refractivity contribution is 14.1. The quantitative estimate of drug-likeness (QED) is 0.296. The van der Waals surface area contributed by atoms with Crippen molar-refractivity contribution >= 4 is 61.9 Å². The number of carbonyl (C=O) groups excluding carboxylic acids is 1. The Bertz CT molecular complexity index is 564. The smallest absolute Gasteiger partial charge is 0.324 e. The molecule has 0 spiro atoms. The van der Waals surface area contributed by atoms with Crippen molar-refractivity contribution in [3.8, 4) is 5.75 Å². The van der Waals surface area contributed by atoms with Gasteiger partial charge < -0.3 is 4.74 Å². The van der Waals surface area contributed by atoms with Crippen LogP contribution in [-0.4, -0.2) is 9.89 Å². The Kier molecular flexibility index (Phi) is 4.24. The largest absolute Gasteiger partial charge is 0.425 e. The maximum Gasteiger partial charge on any atom is 0.324 e. The van der Waals surface area contributed by atoms with E-state index in [9.17, 15) is 4.79 Å². The third-order valence-corrected chi connectivity index (χ3v) is 3.98. The van der Waals surface area contributed by atoms with E-state index >= 15 is 0 Å². The van der Waals surface area contributed by atoms with Crippen molar-refractivity contribution in [3.63, 3.8) is 0 Å². The van der Waals surface area contributed by atoms with Gasteiger partial charge in [-0.3, -0.25) is 4.79 Å². The van der Waals surface area contributed by atoms with Gasteiger partial charge in [0, 0.05) is 0 Å². The molecule has 0 amide bonds. The third kappa shape index (κ3) is 2.90. The van der Waals surface area contributed by atoms with Crippen molar-refractivity contribution in [2.24, 2.45) is 0 Å². The zero-order valence-corrected chi connectivity index (χ0v) is 13.4. The van der Waals surface area contributed by atoms with E-state index in [2.05, 4.69) is 22.6 Å². The van der Waals surface area contributed by atoms with E-state index in [0.29, 0.717) is 5.75 Å². The lowest BCUT2D eigenvalue weighted by Gasteiger charge is -2.09. The molecule has 2 aromatic rings. The summed E-state index contributed by atoms with van der Waals surface area (Å²) in [5.74, 6) is 0.427. The number of hydrogen-bond donors (Lipinski definition) is 0. The zero-order chi connectivity index (χ0) is 12.4.